The first kappa shape index (κ1) is 9.94. The zero-order valence-corrected chi connectivity index (χ0v) is 8.10. The Hall–Kier alpha value is -1.14. The minimum atomic E-state index is -0.449. The number of nitrogens with zero attached hydrogens (tertiary/aromatic N) is 1. The van der Waals surface area contributed by atoms with E-state index in [4.69, 9.17) is 5.73 Å². The molecule has 0 aliphatic carbocycles. The van der Waals surface area contributed by atoms with E-state index in [-0.39, 0.29) is 5.69 Å². The van der Waals surface area contributed by atoms with Crippen LogP contribution >= 0.6 is 24.0 Å². The number of hydrogen-bond acceptors (Lipinski definition) is 4. The van der Waals surface area contributed by atoms with E-state index < -0.39 is 4.92 Å². The van der Waals surface area contributed by atoms with Crippen molar-refractivity contribution < 1.29 is 4.92 Å². The first-order valence-electron chi connectivity index (χ1n) is 3.31. The second-order valence-corrected chi connectivity index (χ2v) is 3.99. The highest BCUT2D eigenvalue weighted by molar-refractivity contribution is 8.22. The van der Waals surface area contributed by atoms with Gasteiger partial charge in [-0.2, -0.15) is 0 Å². The van der Waals surface area contributed by atoms with Gasteiger partial charge in [-0.1, -0.05) is 24.0 Å². The molecule has 0 bridgehead atoms. The summed E-state index contributed by atoms with van der Waals surface area (Å²) in [6.07, 6.45) is 0. The van der Waals surface area contributed by atoms with Gasteiger partial charge in [0.05, 0.1) is 4.92 Å². The molecule has 0 unspecified atom stereocenters. The maximum absolute atomic E-state index is 10.3. The number of nitro benzene ring substituents is 1. The molecule has 0 atom stereocenters. The standard InChI is InChI=1S/C7H6N2O2S2/c8-7(12)13-6-3-1-5(2-4-6)9(10)11/h1-4H,(H2,8,12). The van der Waals surface area contributed by atoms with Crippen LogP contribution in [-0.4, -0.2) is 9.24 Å². The minimum Gasteiger partial charge on any atom is -0.384 e. The molecule has 0 heterocycles. The molecule has 1 aromatic rings. The third-order valence-corrected chi connectivity index (χ3v) is 2.23. The fourth-order valence-corrected chi connectivity index (χ4v) is 1.55. The molecule has 1 aromatic carbocycles. The lowest BCUT2D eigenvalue weighted by Gasteiger charge is -1.97. The average Bonchev–Trinajstić information content (AvgIpc) is 2.04. The van der Waals surface area contributed by atoms with E-state index in [0.29, 0.717) is 4.32 Å². The second-order valence-electron chi connectivity index (χ2n) is 2.17. The maximum Gasteiger partial charge on any atom is 0.269 e. The number of benzene rings is 1. The van der Waals surface area contributed by atoms with Crippen molar-refractivity contribution in [2.45, 2.75) is 4.90 Å². The predicted molar refractivity (Wildman–Crippen MR) is 55.7 cm³/mol. The zero-order chi connectivity index (χ0) is 9.84. The number of non-ortho nitro benzene ring substituents is 1. The summed E-state index contributed by atoms with van der Waals surface area (Å²) in [7, 11) is 0. The normalized spacial score (nSPS) is 9.54. The van der Waals surface area contributed by atoms with Crippen LogP contribution in [0.1, 0.15) is 0 Å². The second kappa shape index (κ2) is 4.20. The Bertz CT molecular complexity index is 337. The van der Waals surface area contributed by atoms with E-state index in [0.717, 1.165) is 4.90 Å². The van der Waals surface area contributed by atoms with Crippen molar-refractivity contribution in [3.05, 3.63) is 34.4 Å². The number of nitrogens with two attached hydrogens (primary N) is 1. The number of nitro groups is 1. The highest BCUT2D eigenvalue weighted by Gasteiger charge is 2.04. The molecule has 0 aliphatic rings. The number of thioether (sulfide) groups is 1. The summed E-state index contributed by atoms with van der Waals surface area (Å²) in [5.41, 5.74) is 5.35. The minimum absolute atomic E-state index is 0.0623. The summed E-state index contributed by atoms with van der Waals surface area (Å²) in [6.45, 7) is 0. The molecule has 4 nitrogen and oxygen atoms in total. The highest BCUT2D eigenvalue weighted by Crippen LogP contribution is 2.20. The Morgan fingerprint density at radius 3 is 2.38 bits per heavy atom. The maximum atomic E-state index is 10.3. The third-order valence-electron chi connectivity index (χ3n) is 1.27. The van der Waals surface area contributed by atoms with Gasteiger partial charge in [-0.05, 0) is 12.1 Å². The molecule has 0 amide bonds. The predicted octanol–water partition coefficient (Wildman–Crippen LogP) is 1.93. The molecule has 0 fully saturated rings. The molecule has 1 rings (SSSR count). The van der Waals surface area contributed by atoms with Crippen LogP contribution in [0.4, 0.5) is 5.69 Å². The van der Waals surface area contributed by atoms with Gasteiger partial charge in [0.25, 0.3) is 5.69 Å². The topological polar surface area (TPSA) is 69.2 Å². The van der Waals surface area contributed by atoms with Crippen LogP contribution in [0.15, 0.2) is 29.2 Å². The molecule has 68 valence electrons. The van der Waals surface area contributed by atoms with Crippen LogP contribution in [0.3, 0.4) is 0 Å². The Labute approximate surface area is 84.3 Å². The lowest BCUT2D eigenvalue weighted by Crippen LogP contribution is -2.00. The van der Waals surface area contributed by atoms with Crippen molar-refractivity contribution in [2.75, 3.05) is 0 Å². The molecule has 0 saturated heterocycles. The Morgan fingerprint density at radius 1 is 1.46 bits per heavy atom. The van der Waals surface area contributed by atoms with Crippen molar-refractivity contribution in [3.63, 3.8) is 0 Å². The van der Waals surface area contributed by atoms with E-state index in [1.165, 1.54) is 23.9 Å². The monoisotopic (exact) mass is 214 g/mol. The fraction of sp³-hybridized carbons (Fsp3) is 0. The van der Waals surface area contributed by atoms with E-state index in [1.807, 2.05) is 0 Å². The van der Waals surface area contributed by atoms with Crippen molar-refractivity contribution in [1.29, 1.82) is 0 Å². The van der Waals surface area contributed by atoms with Crippen molar-refractivity contribution in [1.82, 2.24) is 0 Å². The third kappa shape index (κ3) is 3.00. The average molecular weight is 214 g/mol. The lowest BCUT2D eigenvalue weighted by molar-refractivity contribution is -0.384. The zero-order valence-electron chi connectivity index (χ0n) is 6.47. The van der Waals surface area contributed by atoms with Crippen LogP contribution in [0.5, 0.6) is 0 Å². The Balaban J connectivity index is 2.81. The van der Waals surface area contributed by atoms with Crippen LogP contribution in [-0.2, 0) is 0 Å². The van der Waals surface area contributed by atoms with E-state index in [9.17, 15) is 10.1 Å². The SMILES string of the molecule is NC(=S)Sc1ccc([N+](=O)[O-])cc1. The summed E-state index contributed by atoms with van der Waals surface area (Å²) >= 11 is 5.87. The first-order valence-corrected chi connectivity index (χ1v) is 4.54. The number of thiocarbonyl (C=S) groups is 1. The van der Waals surface area contributed by atoms with Crippen molar-refractivity contribution in [2.24, 2.45) is 5.73 Å². The highest BCUT2D eigenvalue weighted by atomic mass is 32.2. The Morgan fingerprint density at radius 2 is 2.00 bits per heavy atom. The summed E-state index contributed by atoms with van der Waals surface area (Å²) in [6, 6.07) is 6.06. The molecule has 6 heteroatoms. The summed E-state index contributed by atoms with van der Waals surface area (Å²) in [5.74, 6) is 0. The molecule has 0 saturated carbocycles. The molecule has 0 aromatic heterocycles. The Kier molecular flexibility index (Phi) is 3.21. The van der Waals surface area contributed by atoms with Crippen LogP contribution in [0, 0.1) is 10.1 Å². The molecule has 0 aliphatic heterocycles. The van der Waals surface area contributed by atoms with Gasteiger partial charge in [0.1, 0.15) is 4.32 Å². The smallest absolute Gasteiger partial charge is 0.269 e. The van der Waals surface area contributed by atoms with Gasteiger partial charge in [0.2, 0.25) is 0 Å². The summed E-state index contributed by atoms with van der Waals surface area (Å²) < 4.78 is 0.300. The van der Waals surface area contributed by atoms with Crippen LogP contribution in [0.25, 0.3) is 0 Å². The number of hydrogen-bond donors (Lipinski definition) is 1. The van der Waals surface area contributed by atoms with Crippen molar-refractivity contribution in [3.8, 4) is 0 Å². The molecular formula is C7H6N2O2S2. The molecule has 0 spiro atoms. The van der Waals surface area contributed by atoms with Crippen LogP contribution in [0.2, 0.25) is 0 Å². The molecular weight excluding hydrogens is 208 g/mol. The first-order chi connectivity index (χ1) is 6.09. The van der Waals surface area contributed by atoms with Gasteiger partial charge < -0.3 is 5.73 Å². The van der Waals surface area contributed by atoms with Gasteiger partial charge in [-0.15, -0.1) is 0 Å². The fourth-order valence-electron chi connectivity index (χ4n) is 0.752. The summed E-state index contributed by atoms with van der Waals surface area (Å²) in [4.78, 5) is 10.6. The van der Waals surface area contributed by atoms with Crippen molar-refractivity contribution >= 4 is 34.0 Å². The van der Waals surface area contributed by atoms with Crippen LogP contribution < -0.4 is 5.73 Å². The van der Waals surface area contributed by atoms with Gasteiger partial charge in [0, 0.05) is 17.0 Å². The quantitative estimate of drug-likeness (QED) is 0.352. The lowest BCUT2D eigenvalue weighted by atomic mass is 10.3. The largest absolute Gasteiger partial charge is 0.384 e. The van der Waals surface area contributed by atoms with E-state index >= 15 is 0 Å². The van der Waals surface area contributed by atoms with Gasteiger partial charge >= 0.3 is 0 Å². The van der Waals surface area contributed by atoms with E-state index in [1.54, 1.807) is 12.1 Å². The van der Waals surface area contributed by atoms with Gasteiger partial charge in [-0.25, -0.2) is 0 Å². The summed E-state index contributed by atoms with van der Waals surface area (Å²) in [5, 5.41) is 10.3. The van der Waals surface area contributed by atoms with Gasteiger partial charge in [-0.3, -0.25) is 10.1 Å². The molecule has 0 radical (unpaired) electrons. The van der Waals surface area contributed by atoms with Gasteiger partial charge in [0.15, 0.2) is 0 Å². The van der Waals surface area contributed by atoms with E-state index in [2.05, 4.69) is 12.2 Å². The number of rotatable bonds is 2. The molecule has 13 heavy (non-hydrogen) atoms. The molecule has 2 N–H and O–H groups in total.